The van der Waals surface area contributed by atoms with Crippen molar-refractivity contribution in [3.63, 3.8) is 0 Å². The maximum atomic E-state index is 12.2. The summed E-state index contributed by atoms with van der Waals surface area (Å²) in [5, 5.41) is 3.42. The molecule has 2 rings (SSSR count). The minimum atomic E-state index is -0.137. The van der Waals surface area contributed by atoms with Crippen molar-refractivity contribution in [3.8, 4) is 0 Å². The SMILES string of the molecule is CC1(NC(=O)c2cnc(NN)c(Cl)c2)CCCCC1. The number of amides is 1. The van der Waals surface area contributed by atoms with Crippen LogP contribution in [0.2, 0.25) is 5.02 Å². The number of carbonyl (C=O) groups excluding carboxylic acids is 1. The van der Waals surface area contributed by atoms with Gasteiger partial charge in [0.1, 0.15) is 0 Å². The fourth-order valence-electron chi connectivity index (χ4n) is 2.47. The van der Waals surface area contributed by atoms with Gasteiger partial charge in [-0.2, -0.15) is 0 Å². The molecule has 0 aliphatic heterocycles. The summed E-state index contributed by atoms with van der Waals surface area (Å²) in [6.45, 7) is 2.09. The molecular weight excluding hydrogens is 264 g/mol. The summed E-state index contributed by atoms with van der Waals surface area (Å²) in [6, 6.07) is 1.57. The molecule has 0 unspecified atom stereocenters. The van der Waals surface area contributed by atoms with Crippen LogP contribution in [0.4, 0.5) is 5.82 Å². The van der Waals surface area contributed by atoms with Crippen LogP contribution in [0, 0.1) is 0 Å². The van der Waals surface area contributed by atoms with Gasteiger partial charge in [0.2, 0.25) is 0 Å². The second-order valence-corrected chi connectivity index (χ2v) is 5.68. The maximum Gasteiger partial charge on any atom is 0.253 e. The van der Waals surface area contributed by atoms with E-state index in [1.54, 1.807) is 6.07 Å². The highest BCUT2D eigenvalue weighted by Crippen LogP contribution is 2.28. The zero-order valence-corrected chi connectivity index (χ0v) is 11.8. The molecule has 1 aliphatic carbocycles. The molecule has 1 aliphatic rings. The van der Waals surface area contributed by atoms with Crippen molar-refractivity contribution in [1.29, 1.82) is 0 Å². The van der Waals surface area contributed by atoms with E-state index in [0.717, 1.165) is 25.7 Å². The van der Waals surface area contributed by atoms with Crippen molar-refractivity contribution in [2.24, 2.45) is 5.84 Å². The summed E-state index contributed by atoms with van der Waals surface area (Å²) < 4.78 is 0. The van der Waals surface area contributed by atoms with E-state index in [4.69, 9.17) is 17.4 Å². The lowest BCUT2D eigenvalue weighted by Gasteiger charge is -2.34. The third-order valence-electron chi connectivity index (χ3n) is 3.61. The normalized spacial score (nSPS) is 17.8. The number of rotatable bonds is 3. The van der Waals surface area contributed by atoms with Gasteiger partial charge >= 0.3 is 0 Å². The zero-order chi connectivity index (χ0) is 13.9. The third kappa shape index (κ3) is 3.36. The molecule has 1 saturated carbocycles. The number of nitrogens with two attached hydrogens (primary N) is 1. The van der Waals surface area contributed by atoms with E-state index in [2.05, 4.69) is 22.7 Å². The minimum absolute atomic E-state index is 0.118. The second kappa shape index (κ2) is 5.75. The predicted octanol–water partition coefficient (Wildman–Crippen LogP) is 2.47. The molecule has 1 heterocycles. The Bertz CT molecular complexity index is 472. The van der Waals surface area contributed by atoms with Gasteiger partial charge in [-0.3, -0.25) is 4.79 Å². The molecule has 6 heteroatoms. The first-order valence-corrected chi connectivity index (χ1v) is 6.86. The fraction of sp³-hybridized carbons (Fsp3) is 0.538. The summed E-state index contributed by atoms with van der Waals surface area (Å²) in [7, 11) is 0. The first kappa shape index (κ1) is 14.1. The molecule has 1 fully saturated rings. The number of aromatic nitrogens is 1. The Labute approximate surface area is 117 Å². The van der Waals surface area contributed by atoms with Gasteiger partial charge in [0.25, 0.3) is 5.91 Å². The smallest absolute Gasteiger partial charge is 0.253 e. The van der Waals surface area contributed by atoms with Crippen LogP contribution in [0.5, 0.6) is 0 Å². The summed E-state index contributed by atoms with van der Waals surface area (Å²) in [6.07, 6.45) is 7.07. The largest absolute Gasteiger partial charge is 0.347 e. The van der Waals surface area contributed by atoms with Crippen molar-refractivity contribution >= 4 is 23.3 Å². The van der Waals surface area contributed by atoms with Crippen molar-refractivity contribution in [3.05, 3.63) is 22.8 Å². The van der Waals surface area contributed by atoms with Crippen molar-refractivity contribution < 1.29 is 4.79 Å². The number of nitrogen functional groups attached to an aromatic ring is 1. The van der Waals surface area contributed by atoms with Crippen LogP contribution in [0.25, 0.3) is 0 Å². The molecule has 1 aromatic heterocycles. The van der Waals surface area contributed by atoms with Crippen LogP contribution >= 0.6 is 11.6 Å². The number of hydrogen-bond donors (Lipinski definition) is 3. The van der Waals surface area contributed by atoms with Crippen molar-refractivity contribution in [1.82, 2.24) is 10.3 Å². The van der Waals surface area contributed by atoms with Crippen molar-refractivity contribution in [2.75, 3.05) is 5.43 Å². The number of hydrazine groups is 1. The Hall–Kier alpha value is -1.33. The van der Waals surface area contributed by atoms with Gasteiger partial charge in [-0.05, 0) is 25.8 Å². The van der Waals surface area contributed by atoms with Crippen LogP contribution in [-0.4, -0.2) is 16.4 Å². The highest BCUT2D eigenvalue weighted by atomic mass is 35.5. The Morgan fingerprint density at radius 3 is 2.68 bits per heavy atom. The summed E-state index contributed by atoms with van der Waals surface area (Å²) in [5.41, 5.74) is 2.71. The van der Waals surface area contributed by atoms with Crippen LogP contribution in [0.3, 0.4) is 0 Å². The molecule has 1 aromatic rings. The molecule has 0 aromatic carbocycles. The predicted molar refractivity (Wildman–Crippen MR) is 76.0 cm³/mol. The van der Waals surface area contributed by atoms with Crippen molar-refractivity contribution in [2.45, 2.75) is 44.6 Å². The first-order valence-electron chi connectivity index (χ1n) is 6.49. The van der Waals surface area contributed by atoms with Crippen LogP contribution < -0.4 is 16.6 Å². The Morgan fingerprint density at radius 2 is 2.11 bits per heavy atom. The molecule has 0 bridgehead atoms. The third-order valence-corrected chi connectivity index (χ3v) is 3.90. The number of nitrogens with one attached hydrogen (secondary N) is 2. The van der Waals surface area contributed by atoms with Gasteiger partial charge < -0.3 is 10.7 Å². The lowest BCUT2D eigenvalue weighted by Crippen LogP contribution is -2.47. The van der Waals surface area contributed by atoms with Gasteiger partial charge in [0.05, 0.1) is 10.6 Å². The topological polar surface area (TPSA) is 80.0 Å². The molecule has 104 valence electrons. The van der Waals surface area contributed by atoms with E-state index in [1.807, 2.05) is 0 Å². The van der Waals surface area contributed by atoms with Crippen LogP contribution in [-0.2, 0) is 0 Å². The molecule has 0 atom stereocenters. The van der Waals surface area contributed by atoms with E-state index < -0.39 is 0 Å². The lowest BCUT2D eigenvalue weighted by atomic mass is 9.83. The Morgan fingerprint density at radius 1 is 1.42 bits per heavy atom. The fourth-order valence-corrected chi connectivity index (χ4v) is 2.69. The summed E-state index contributed by atoms with van der Waals surface area (Å²) in [5.74, 6) is 5.48. The van der Waals surface area contributed by atoms with Gasteiger partial charge in [-0.1, -0.05) is 30.9 Å². The number of halogens is 1. The quantitative estimate of drug-likeness (QED) is 0.588. The molecule has 4 N–H and O–H groups in total. The molecule has 19 heavy (non-hydrogen) atoms. The standard InChI is InChI=1S/C13H19ClN4O/c1-13(5-3-2-4-6-13)17-12(19)9-7-10(14)11(18-15)16-8-9/h7-8H,2-6,15H2,1H3,(H,16,18)(H,17,19). The molecule has 1 amide bonds. The van der Waals surface area contributed by atoms with E-state index in [-0.39, 0.29) is 11.4 Å². The summed E-state index contributed by atoms with van der Waals surface area (Å²) >= 11 is 5.97. The zero-order valence-electron chi connectivity index (χ0n) is 11.0. The van der Waals surface area contributed by atoms with E-state index in [0.29, 0.717) is 16.4 Å². The lowest BCUT2D eigenvalue weighted by molar-refractivity contribution is 0.0882. The molecule has 0 saturated heterocycles. The number of pyridine rings is 1. The van der Waals surface area contributed by atoms with Gasteiger partial charge in [0, 0.05) is 11.7 Å². The average molecular weight is 283 g/mol. The van der Waals surface area contributed by atoms with Crippen LogP contribution in [0.15, 0.2) is 12.3 Å². The maximum absolute atomic E-state index is 12.2. The van der Waals surface area contributed by atoms with Gasteiger partial charge in [-0.15, -0.1) is 0 Å². The van der Waals surface area contributed by atoms with Gasteiger partial charge in [-0.25, -0.2) is 10.8 Å². The van der Waals surface area contributed by atoms with E-state index in [1.165, 1.54) is 12.6 Å². The molecular formula is C13H19ClN4O. The Kier molecular flexibility index (Phi) is 4.27. The number of anilines is 1. The molecule has 5 nitrogen and oxygen atoms in total. The average Bonchev–Trinajstić information content (AvgIpc) is 2.39. The monoisotopic (exact) mass is 282 g/mol. The molecule has 0 radical (unpaired) electrons. The minimum Gasteiger partial charge on any atom is -0.347 e. The number of hydrogen-bond acceptors (Lipinski definition) is 4. The highest BCUT2D eigenvalue weighted by molar-refractivity contribution is 6.33. The van der Waals surface area contributed by atoms with E-state index in [9.17, 15) is 4.79 Å². The highest BCUT2D eigenvalue weighted by Gasteiger charge is 2.28. The van der Waals surface area contributed by atoms with E-state index >= 15 is 0 Å². The Balaban J connectivity index is 2.09. The van der Waals surface area contributed by atoms with Gasteiger partial charge in [0.15, 0.2) is 5.82 Å². The number of carbonyl (C=O) groups is 1. The second-order valence-electron chi connectivity index (χ2n) is 5.27. The first-order chi connectivity index (χ1) is 9.04. The number of nitrogens with zero attached hydrogens (tertiary/aromatic N) is 1. The molecule has 0 spiro atoms. The van der Waals surface area contributed by atoms with Crippen LogP contribution in [0.1, 0.15) is 49.4 Å². The summed E-state index contributed by atoms with van der Waals surface area (Å²) in [4.78, 5) is 16.2.